The van der Waals surface area contributed by atoms with Crippen LogP contribution in [0.4, 0.5) is 0 Å². The standard InChI is InChI=1S/C11H22N2OS.ClH/c1-4-15-6-5-9(2)13(3)11(14)10-7-12-8-10;/h9-10,12H,4-8H2,1-3H3;1H. The van der Waals surface area contributed by atoms with Crippen molar-refractivity contribution in [1.29, 1.82) is 0 Å². The smallest absolute Gasteiger partial charge is 0.228 e. The second kappa shape index (κ2) is 8.20. The molecule has 1 heterocycles. The predicted octanol–water partition coefficient (Wildman–Crippen LogP) is 1.62. The summed E-state index contributed by atoms with van der Waals surface area (Å²) in [5.41, 5.74) is 0. The Morgan fingerprint density at radius 1 is 1.56 bits per heavy atom. The highest BCUT2D eigenvalue weighted by Gasteiger charge is 2.29. The number of carbonyl (C=O) groups is 1. The number of nitrogens with zero attached hydrogens (tertiary/aromatic N) is 1. The van der Waals surface area contributed by atoms with E-state index < -0.39 is 0 Å². The second-order valence-electron chi connectivity index (χ2n) is 4.14. The van der Waals surface area contributed by atoms with Crippen molar-refractivity contribution in [2.75, 3.05) is 31.6 Å². The van der Waals surface area contributed by atoms with Crippen molar-refractivity contribution >= 4 is 30.1 Å². The van der Waals surface area contributed by atoms with Crippen LogP contribution in [0.3, 0.4) is 0 Å². The molecule has 1 N–H and O–H groups in total. The lowest BCUT2D eigenvalue weighted by atomic mass is 10.0. The summed E-state index contributed by atoms with van der Waals surface area (Å²) in [7, 11) is 1.93. The molecule has 0 bridgehead atoms. The van der Waals surface area contributed by atoms with E-state index in [0.29, 0.717) is 11.9 Å². The van der Waals surface area contributed by atoms with Gasteiger partial charge in [-0.1, -0.05) is 6.92 Å². The minimum Gasteiger partial charge on any atom is -0.343 e. The van der Waals surface area contributed by atoms with Crippen LogP contribution in [0.5, 0.6) is 0 Å². The summed E-state index contributed by atoms with van der Waals surface area (Å²) >= 11 is 1.94. The quantitative estimate of drug-likeness (QED) is 0.742. The maximum absolute atomic E-state index is 11.9. The zero-order valence-corrected chi connectivity index (χ0v) is 12.0. The van der Waals surface area contributed by atoms with E-state index in [0.717, 1.165) is 31.0 Å². The van der Waals surface area contributed by atoms with Gasteiger partial charge in [-0.2, -0.15) is 11.8 Å². The van der Waals surface area contributed by atoms with Crippen molar-refractivity contribution in [3.05, 3.63) is 0 Å². The lowest BCUT2D eigenvalue weighted by molar-refractivity contribution is -0.137. The van der Waals surface area contributed by atoms with Gasteiger partial charge in [0, 0.05) is 26.2 Å². The molecule has 0 spiro atoms. The summed E-state index contributed by atoms with van der Waals surface area (Å²) in [6.07, 6.45) is 1.10. The largest absolute Gasteiger partial charge is 0.343 e. The predicted molar refractivity (Wildman–Crippen MR) is 73.5 cm³/mol. The van der Waals surface area contributed by atoms with Gasteiger partial charge in [-0.25, -0.2) is 0 Å². The van der Waals surface area contributed by atoms with Crippen LogP contribution in [0.2, 0.25) is 0 Å². The molecule has 1 aliphatic rings. The summed E-state index contributed by atoms with van der Waals surface area (Å²) < 4.78 is 0. The van der Waals surface area contributed by atoms with Gasteiger partial charge >= 0.3 is 0 Å². The van der Waals surface area contributed by atoms with Crippen LogP contribution >= 0.6 is 24.2 Å². The van der Waals surface area contributed by atoms with Gasteiger partial charge in [0.25, 0.3) is 0 Å². The molecule has 1 atom stereocenters. The zero-order chi connectivity index (χ0) is 11.3. The highest BCUT2D eigenvalue weighted by atomic mass is 35.5. The highest BCUT2D eigenvalue weighted by Crippen LogP contribution is 2.13. The van der Waals surface area contributed by atoms with Crippen molar-refractivity contribution in [3.8, 4) is 0 Å². The first-order valence-electron chi connectivity index (χ1n) is 5.72. The van der Waals surface area contributed by atoms with E-state index in [1.807, 2.05) is 23.7 Å². The maximum Gasteiger partial charge on any atom is 0.228 e. The van der Waals surface area contributed by atoms with E-state index in [-0.39, 0.29) is 18.3 Å². The van der Waals surface area contributed by atoms with Crippen LogP contribution < -0.4 is 5.32 Å². The van der Waals surface area contributed by atoms with Crippen LogP contribution in [0.15, 0.2) is 0 Å². The highest BCUT2D eigenvalue weighted by molar-refractivity contribution is 7.99. The Bertz CT molecular complexity index is 212. The molecule has 3 nitrogen and oxygen atoms in total. The molecule has 1 amide bonds. The molecule has 1 rings (SSSR count). The molecule has 1 fully saturated rings. The van der Waals surface area contributed by atoms with Crippen molar-refractivity contribution in [2.24, 2.45) is 5.92 Å². The lowest BCUT2D eigenvalue weighted by Crippen LogP contribution is -2.52. The van der Waals surface area contributed by atoms with Gasteiger partial charge in [0.05, 0.1) is 5.92 Å². The third-order valence-corrected chi connectivity index (χ3v) is 3.96. The first kappa shape index (κ1) is 16.1. The maximum atomic E-state index is 11.9. The number of amides is 1. The average molecular weight is 267 g/mol. The van der Waals surface area contributed by atoms with Crippen LogP contribution in [-0.2, 0) is 4.79 Å². The minimum absolute atomic E-state index is 0. The van der Waals surface area contributed by atoms with E-state index in [2.05, 4.69) is 19.2 Å². The minimum atomic E-state index is 0. The van der Waals surface area contributed by atoms with Gasteiger partial charge in [0.15, 0.2) is 0 Å². The molecule has 0 aromatic rings. The Hall–Kier alpha value is 0.0700. The van der Waals surface area contributed by atoms with Gasteiger partial charge in [-0.05, 0) is 24.9 Å². The van der Waals surface area contributed by atoms with Gasteiger partial charge in [0.1, 0.15) is 0 Å². The number of hydrogen-bond donors (Lipinski definition) is 1. The Kier molecular flexibility index (Phi) is 8.24. The summed E-state index contributed by atoms with van der Waals surface area (Å²) in [6.45, 7) is 6.03. The van der Waals surface area contributed by atoms with Crippen LogP contribution in [0, 0.1) is 5.92 Å². The fourth-order valence-electron chi connectivity index (χ4n) is 1.56. The van der Waals surface area contributed by atoms with E-state index in [9.17, 15) is 4.79 Å². The first-order valence-corrected chi connectivity index (χ1v) is 6.87. The van der Waals surface area contributed by atoms with Gasteiger partial charge in [0.2, 0.25) is 5.91 Å². The Morgan fingerprint density at radius 2 is 2.19 bits per heavy atom. The van der Waals surface area contributed by atoms with Crippen LogP contribution in [-0.4, -0.2) is 48.5 Å². The Labute approximate surface area is 109 Å². The van der Waals surface area contributed by atoms with Crippen molar-refractivity contribution < 1.29 is 4.79 Å². The molecule has 0 radical (unpaired) electrons. The first-order chi connectivity index (χ1) is 7.16. The number of rotatable bonds is 6. The van der Waals surface area contributed by atoms with Crippen LogP contribution in [0.25, 0.3) is 0 Å². The molecule has 0 aromatic heterocycles. The number of thioether (sulfide) groups is 1. The molecular formula is C11H23ClN2OS. The van der Waals surface area contributed by atoms with Gasteiger partial charge in [-0.15, -0.1) is 12.4 Å². The van der Waals surface area contributed by atoms with Gasteiger partial charge in [-0.3, -0.25) is 4.79 Å². The molecule has 1 saturated heterocycles. The fourth-order valence-corrected chi connectivity index (χ4v) is 2.36. The van der Waals surface area contributed by atoms with Crippen molar-refractivity contribution in [3.63, 3.8) is 0 Å². The number of carbonyl (C=O) groups excluding carboxylic acids is 1. The molecule has 5 heteroatoms. The van der Waals surface area contributed by atoms with E-state index >= 15 is 0 Å². The molecule has 16 heavy (non-hydrogen) atoms. The Balaban J connectivity index is 0.00000225. The normalized spacial score (nSPS) is 17.2. The average Bonchev–Trinajstić information content (AvgIpc) is 2.14. The second-order valence-corrected chi connectivity index (χ2v) is 5.53. The third kappa shape index (κ3) is 4.52. The fraction of sp³-hybridized carbons (Fsp3) is 0.909. The van der Waals surface area contributed by atoms with Gasteiger partial charge < -0.3 is 10.2 Å². The molecule has 96 valence electrons. The molecule has 0 saturated carbocycles. The summed E-state index contributed by atoms with van der Waals surface area (Å²) in [6, 6.07) is 0.372. The topological polar surface area (TPSA) is 32.3 Å². The zero-order valence-electron chi connectivity index (χ0n) is 10.4. The number of hydrogen-bond acceptors (Lipinski definition) is 3. The molecular weight excluding hydrogens is 244 g/mol. The number of nitrogens with one attached hydrogen (secondary N) is 1. The van der Waals surface area contributed by atoms with Crippen molar-refractivity contribution in [1.82, 2.24) is 10.2 Å². The molecule has 1 unspecified atom stereocenters. The SMILES string of the molecule is CCSCCC(C)N(C)C(=O)C1CNC1.Cl. The molecule has 0 aliphatic carbocycles. The summed E-state index contributed by atoms with van der Waals surface area (Å²) in [5, 5.41) is 3.14. The van der Waals surface area contributed by atoms with E-state index in [1.165, 1.54) is 0 Å². The third-order valence-electron chi connectivity index (χ3n) is 3.02. The Morgan fingerprint density at radius 3 is 2.62 bits per heavy atom. The summed E-state index contributed by atoms with van der Waals surface area (Å²) in [5.74, 6) is 2.86. The number of halogens is 1. The van der Waals surface area contributed by atoms with Crippen molar-refractivity contribution in [2.45, 2.75) is 26.3 Å². The van der Waals surface area contributed by atoms with E-state index in [1.54, 1.807) is 0 Å². The molecule has 1 aliphatic heterocycles. The molecule has 0 aromatic carbocycles. The van der Waals surface area contributed by atoms with E-state index in [4.69, 9.17) is 0 Å². The summed E-state index contributed by atoms with van der Waals surface area (Å²) in [4.78, 5) is 13.8. The monoisotopic (exact) mass is 266 g/mol. The lowest BCUT2D eigenvalue weighted by Gasteiger charge is -2.33. The van der Waals surface area contributed by atoms with Crippen LogP contribution in [0.1, 0.15) is 20.3 Å².